The minimum Gasteiger partial charge on any atom is -0.465 e. The molecule has 22 heteroatoms. The molecule has 0 aliphatic carbocycles. The number of phosphoric ester groups is 1. The molecule has 0 aliphatic rings. The van der Waals surface area contributed by atoms with Crippen molar-refractivity contribution in [1.29, 1.82) is 0 Å². The smallest absolute Gasteiger partial charge is 0.465 e. The Kier molecular flexibility index (Phi) is 41.7. The van der Waals surface area contributed by atoms with E-state index in [0.717, 1.165) is 44.9 Å². The number of rotatable bonds is 47. The van der Waals surface area contributed by atoms with E-state index >= 15 is 0 Å². The zero-order valence-corrected chi connectivity index (χ0v) is 44.0. The summed E-state index contributed by atoms with van der Waals surface area (Å²) in [6.07, 6.45) is 22.2. The molecule has 0 fully saturated rings. The second-order valence-electron chi connectivity index (χ2n) is 16.8. The third-order valence-corrected chi connectivity index (χ3v) is 12.7. The van der Waals surface area contributed by atoms with Gasteiger partial charge in [0.05, 0.1) is 39.0 Å². The molecule has 0 saturated carbocycles. The Morgan fingerprint density at radius 3 is 1.85 bits per heavy atom. The van der Waals surface area contributed by atoms with Gasteiger partial charge in [0.1, 0.15) is 26.0 Å². The van der Waals surface area contributed by atoms with Crippen molar-refractivity contribution in [3.63, 3.8) is 0 Å². The van der Waals surface area contributed by atoms with Crippen molar-refractivity contribution in [2.75, 3.05) is 79.5 Å². The molecule has 2 unspecified atom stereocenters. The van der Waals surface area contributed by atoms with Gasteiger partial charge in [-0.2, -0.15) is 0 Å². The Morgan fingerprint density at radius 1 is 0.716 bits per heavy atom. The summed E-state index contributed by atoms with van der Waals surface area (Å²) in [4.78, 5) is 70.4. The maximum Gasteiger partial charge on any atom is 0.472 e. The maximum atomic E-state index is 12.4. The molecule has 0 radical (unpaired) electrons. The molecule has 0 rings (SSSR count). The minimum atomic E-state index is -4.50. The average molecular weight is 1090 g/mol. The van der Waals surface area contributed by atoms with Gasteiger partial charge in [-0.25, -0.2) is 12.9 Å². The van der Waals surface area contributed by atoms with E-state index in [1.54, 1.807) is 13.8 Å². The van der Waals surface area contributed by atoms with Gasteiger partial charge in [0.15, 0.2) is 0 Å². The molecule has 0 spiro atoms. The van der Waals surface area contributed by atoms with Gasteiger partial charge in [0.2, 0.25) is 39.2 Å². The normalized spacial score (nSPS) is 13.9. The van der Waals surface area contributed by atoms with E-state index in [1.807, 2.05) is 0 Å². The molecular formula is C45H86IN6O14P. The zero-order valence-electron chi connectivity index (χ0n) is 40.9. The third-order valence-electron chi connectivity index (χ3n) is 10.5. The van der Waals surface area contributed by atoms with Crippen molar-refractivity contribution >= 4 is 59.1 Å². The molecule has 0 saturated heterocycles. The second kappa shape index (κ2) is 43.4. The van der Waals surface area contributed by atoms with Crippen LogP contribution in [0.5, 0.6) is 0 Å². The highest BCUT2D eigenvalue weighted by atomic mass is 127. The first-order valence-corrected chi connectivity index (χ1v) is 27.6. The number of hydrogen-bond acceptors (Lipinski definition) is 14. The van der Waals surface area contributed by atoms with Crippen LogP contribution < -0.4 is 30.1 Å². The van der Waals surface area contributed by atoms with Crippen LogP contribution in [0, 0.1) is 5.41 Å². The largest absolute Gasteiger partial charge is 0.472 e. The van der Waals surface area contributed by atoms with E-state index in [9.17, 15) is 36.5 Å². The molecule has 7 N–H and O–H groups in total. The lowest BCUT2D eigenvalue weighted by Crippen LogP contribution is -2.48. The number of phosphoric acid groups is 1. The maximum absolute atomic E-state index is 12.4. The number of hydrogen-bond donors (Lipinski definition) is 7. The summed E-state index contributed by atoms with van der Waals surface area (Å²) in [5.74, 6) is -1.20. The Labute approximate surface area is 411 Å². The quantitative estimate of drug-likeness (QED) is 0.00649. The van der Waals surface area contributed by atoms with Crippen LogP contribution in [0.15, 0.2) is 12.7 Å². The molecule has 0 aliphatic heterocycles. The monoisotopic (exact) mass is 1090 g/mol. The lowest BCUT2D eigenvalue weighted by Gasteiger charge is -2.26. The average Bonchev–Trinajstić information content (AvgIpc) is 3.31. The summed E-state index contributed by atoms with van der Waals surface area (Å²) in [6.45, 7) is 9.12. The molecular weight excluding hydrogens is 1010 g/mol. The number of methoxy groups -OCH3 is 1. The fourth-order valence-electron chi connectivity index (χ4n) is 6.19. The molecule has 67 heavy (non-hydrogen) atoms. The van der Waals surface area contributed by atoms with Crippen LogP contribution in [0.1, 0.15) is 149 Å². The molecule has 0 aromatic rings. The van der Waals surface area contributed by atoms with Crippen LogP contribution in [0.4, 0.5) is 4.79 Å². The summed E-state index contributed by atoms with van der Waals surface area (Å²) in [6, 6.07) is -0.585. The summed E-state index contributed by atoms with van der Waals surface area (Å²) in [5, 5.41) is 13.5. The zero-order chi connectivity index (χ0) is 49.9. The number of ether oxygens (including phenoxy) is 4. The Hall–Kier alpha value is -2.63. The number of alkyl carbamates (subject to hydrolysis) is 1. The van der Waals surface area contributed by atoms with E-state index in [2.05, 4.69) is 43.6 Å². The van der Waals surface area contributed by atoms with E-state index in [-0.39, 0.29) is 83.0 Å². The third kappa shape index (κ3) is 40.9. The fraction of sp³-hybridized carbons (Fsp3) is 0.844. The lowest BCUT2D eigenvalue weighted by molar-refractivity contribution is -0.146. The van der Waals surface area contributed by atoms with Gasteiger partial charge in [0.25, 0.3) is 0 Å². The van der Waals surface area contributed by atoms with Crippen molar-refractivity contribution in [3.8, 4) is 0 Å². The molecule has 0 bridgehead atoms. The first-order valence-electron chi connectivity index (χ1n) is 24.2. The number of unbranched alkanes of at least 4 members (excludes halogenated alkanes) is 17. The van der Waals surface area contributed by atoms with Crippen LogP contribution in [0.2, 0.25) is 0 Å². The van der Waals surface area contributed by atoms with Crippen LogP contribution in [-0.2, 0) is 54.8 Å². The molecule has 0 heterocycles. The predicted molar refractivity (Wildman–Crippen MR) is 264 cm³/mol. The van der Waals surface area contributed by atoms with Crippen LogP contribution >= 0.6 is 29.3 Å². The minimum absolute atomic E-state index is 0.00463. The van der Waals surface area contributed by atoms with Crippen molar-refractivity contribution in [2.45, 2.75) is 161 Å². The van der Waals surface area contributed by atoms with E-state index in [1.165, 1.54) is 90.2 Å². The highest BCUT2D eigenvalue weighted by Crippen LogP contribution is 2.44. The topological polar surface area (TPSA) is 267 Å². The number of amides is 4. The highest BCUT2D eigenvalue weighted by molar-refractivity contribution is 14.1. The molecule has 4 amide bonds. The van der Waals surface area contributed by atoms with Gasteiger partial charge in [-0.05, 0) is 26.2 Å². The highest BCUT2D eigenvalue weighted by Gasteiger charge is 2.30. The number of carbonyl (C=O) groups excluding carboxylic acids is 5. The van der Waals surface area contributed by atoms with Gasteiger partial charge >= 0.3 is 19.9 Å². The number of nitrogens with one attached hydrogen (secondary N) is 6. The Morgan fingerprint density at radius 2 is 1.28 bits per heavy atom. The standard InChI is InChI=1S/C45H86IN6O14P/c1-6-8-9-10-11-12-13-14-15-16-17-18-19-20-23-26-42(55)64-36-45(4,7-2)37-66-67(59,60)65-30-29-49-44(57)63-32-31-62-35-40(54)48-28-25-22-21-24-27-47-39(53)33-50-41(61-5)34-51-43(56)38(3)52-46-58/h7,38,41,50H,2,6,8-37H2,1,3-5H3,(H,47,53)(H,48,54)(H,49,57)(H,51,56)(H,52,58)(H,59,60)/t38-,41?,45+/m0/s1. The van der Waals surface area contributed by atoms with Gasteiger partial charge < -0.3 is 45.1 Å². The number of carbonyl (C=O) groups is 5. The van der Waals surface area contributed by atoms with E-state index in [4.69, 9.17) is 28.0 Å². The SMILES string of the molecule is C=C[C@](C)(COC(=O)CCCCCCCCCCCCCCCCC)COP(=O)(O)OCCNC(=O)OCCOCC(=O)NCCCCCCNC(=O)CNC(CNC(=O)[C@H](C)NI=O)OC. The number of halogens is 1. The van der Waals surface area contributed by atoms with Crippen LogP contribution in [-0.4, -0.2) is 126 Å². The number of esters is 1. The van der Waals surface area contributed by atoms with Gasteiger partial charge in [-0.1, -0.05) is 123 Å². The molecule has 0 aromatic heterocycles. The summed E-state index contributed by atoms with van der Waals surface area (Å²) in [7, 11) is -3.05. The van der Waals surface area contributed by atoms with Gasteiger partial charge in [-0.15, -0.1) is 6.58 Å². The van der Waals surface area contributed by atoms with Crippen molar-refractivity contribution in [2.24, 2.45) is 5.41 Å². The van der Waals surface area contributed by atoms with Crippen molar-refractivity contribution in [3.05, 3.63) is 12.7 Å². The Bertz CT molecular complexity index is 1410. The first-order chi connectivity index (χ1) is 32.2. The molecule has 0 aromatic carbocycles. The summed E-state index contributed by atoms with van der Waals surface area (Å²) >= 11 is -1.46. The van der Waals surface area contributed by atoms with E-state index < -0.39 is 53.1 Å². The Balaban J connectivity index is 3.87. The van der Waals surface area contributed by atoms with Crippen molar-refractivity contribution in [1.82, 2.24) is 30.1 Å². The predicted octanol–water partition coefficient (Wildman–Crippen LogP) is 6.54. The van der Waals surface area contributed by atoms with Gasteiger partial charge in [0, 0.05) is 38.6 Å². The lowest BCUT2D eigenvalue weighted by atomic mass is 9.93. The first kappa shape index (κ1) is 64.4. The van der Waals surface area contributed by atoms with Crippen LogP contribution in [0.25, 0.3) is 0 Å². The molecule has 4 atom stereocenters. The fourth-order valence-corrected chi connectivity index (χ4v) is 7.71. The van der Waals surface area contributed by atoms with Crippen molar-refractivity contribution < 1.29 is 64.5 Å². The molecule has 20 nitrogen and oxygen atoms in total. The van der Waals surface area contributed by atoms with E-state index in [0.29, 0.717) is 19.5 Å². The van der Waals surface area contributed by atoms with Gasteiger partial charge in [-0.3, -0.25) is 36.6 Å². The summed E-state index contributed by atoms with van der Waals surface area (Å²) < 4.78 is 56.6. The van der Waals surface area contributed by atoms with Crippen LogP contribution in [0.3, 0.4) is 0 Å². The second-order valence-corrected chi connectivity index (χ2v) is 19.3. The molecule has 392 valence electrons. The summed E-state index contributed by atoms with van der Waals surface area (Å²) in [5.41, 5.74) is -0.929.